The van der Waals surface area contributed by atoms with Crippen LogP contribution in [0.3, 0.4) is 0 Å². The number of unbranched alkanes of at least 4 members (excludes halogenated alkanes) is 10. The summed E-state index contributed by atoms with van der Waals surface area (Å²) in [5.41, 5.74) is 0. The maximum Gasteiger partial charge on any atom is 0.306 e. The van der Waals surface area contributed by atoms with Crippen LogP contribution >= 0.6 is 0 Å². The van der Waals surface area contributed by atoms with Crippen molar-refractivity contribution in [1.82, 2.24) is 0 Å². The van der Waals surface area contributed by atoms with Crippen molar-refractivity contribution in [3.63, 3.8) is 0 Å². The van der Waals surface area contributed by atoms with Crippen LogP contribution < -0.4 is 0 Å². The van der Waals surface area contributed by atoms with Gasteiger partial charge in [-0.15, -0.1) is 0 Å². The van der Waals surface area contributed by atoms with E-state index in [4.69, 9.17) is 14.2 Å². The van der Waals surface area contributed by atoms with Crippen molar-refractivity contribution >= 4 is 11.9 Å². The minimum Gasteiger partial charge on any atom is -0.462 e. The minimum absolute atomic E-state index is 0.0322. The van der Waals surface area contributed by atoms with Gasteiger partial charge in [0.25, 0.3) is 0 Å². The van der Waals surface area contributed by atoms with E-state index >= 15 is 0 Å². The summed E-state index contributed by atoms with van der Waals surface area (Å²) < 4.78 is 17.3. The van der Waals surface area contributed by atoms with Gasteiger partial charge in [0.1, 0.15) is 6.61 Å². The number of allylic oxidation sites excluding steroid dienone is 22. The fourth-order valence-corrected chi connectivity index (χ4v) is 6.11. The fraction of sp³-hybridized carbons (Fsp3) is 0.579. The van der Waals surface area contributed by atoms with E-state index in [1.54, 1.807) is 0 Å². The van der Waals surface area contributed by atoms with Gasteiger partial charge in [-0.05, 0) is 122 Å². The first-order chi connectivity index (χ1) is 30.6. The number of esters is 2. The first-order valence-corrected chi connectivity index (χ1v) is 24.7. The highest BCUT2D eigenvalue weighted by molar-refractivity contribution is 5.70. The molecular formula is C57H90O5. The summed E-state index contributed by atoms with van der Waals surface area (Å²) in [6.07, 6.45) is 73.3. The van der Waals surface area contributed by atoms with Crippen molar-refractivity contribution in [3.8, 4) is 0 Å². The van der Waals surface area contributed by atoms with Crippen LogP contribution in [0.25, 0.3) is 0 Å². The predicted molar refractivity (Wildman–Crippen MR) is 269 cm³/mol. The lowest BCUT2D eigenvalue weighted by Gasteiger charge is -2.18. The van der Waals surface area contributed by atoms with E-state index in [0.717, 1.165) is 128 Å². The molecule has 62 heavy (non-hydrogen) atoms. The molecule has 0 aromatic rings. The van der Waals surface area contributed by atoms with Crippen LogP contribution in [-0.2, 0) is 23.8 Å². The van der Waals surface area contributed by atoms with Gasteiger partial charge in [0.2, 0.25) is 0 Å². The summed E-state index contributed by atoms with van der Waals surface area (Å²) in [5.74, 6) is -0.499. The van der Waals surface area contributed by atoms with Crippen molar-refractivity contribution in [1.29, 1.82) is 0 Å². The molecule has 348 valence electrons. The Hall–Kier alpha value is -3.96. The molecule has 0 aromatic carbocycles. The molecule has 0 bridgehead atoms. The number of hydrogen-bond acceptors (Lipinski definition) is 5. The number of rotatable bonds is 43. The molecule has 0 N–H and O–H groups in total. The van der Waals surface area contributed by atoms with E-state index in [9.17, 15) is 9.59 Å². The highest BCUT2D eigenvalue weighted by atomic mass is 16.6. The van der Waals surface area contributed by atoms with Crippen LogP contribution in [0.1, 0.15) is 188 Å². The van der Waals surface area contributed by atoms with Crippen LogP contribution in [0, 0.1) is 0 Å². The topological polar surface area (TPSA) is 61.8 Å². The van der Waals surface area contributed by atoms with Crippen molar-refractivity contribution in [2.24, 2.45) is 0 Å². The quantitative estimate of drug-likeness (QED) is 0.0347. The van der Waals surface area contributed by atoms with Crippen molar-refractivity contribution < 1.29 is 23.8 Å². The second kappa shape index (κ2) is 51.4. The minimum atomic E-state index is -0.600. The van der Waals surface area contributed by atoms with Crippen LogP contribution in [0.4, 0.5) is 0 Å². The van der Waals surface area contributed by atoms with Gasteiger partial charge in [-0.25, -0.2) is 0 Å². The van der Waals surface area contributed by atoms with Gasteiger partial charge in [0.05, 0.1) is 6.61 Å². The van der Waals surface area contributed by atoms with Crippen molar-refractivity contribution in [2.45, 2.75) is 194 Å². The van der Waals surface area contributed by atoms with E-state index in [-0.39, 0.29) is 25.2 Å². The Morgan fingerprint density at radius 3 is 1.11 bits per heavy atom. The third-order valence-corrected chi connectivity index (χ3v) is 9.66. The molecule has 1 atom stereocenters. The maximum absolute atomic E-state index is 12.8. The van der Waals surface area contributed by atoms with Gasteiger partial charge in [-0.2, -0.15) is 0 Å². The Bertz CT molecular complexity index is 1330. The Morgan fingerprint density at radius 1 is 0.355 bits per heavy atom. The summed E-state index contributed by atoms with van der Waals surface area (Å²) in [4.78, 5) is 25.4. The standard InChI is InChI=1S/C57H90O5/c1-4-7-10-13-16-19-22-25-28-29-31-32-35-38-41-44-47-50-56(58)61-54-55(53-60-52-49-46-43-40-37-34-27-24-21-18-15-12-9-6-3)62-57(59)51-48-45-42-39-36-33-30-26-23-20-17-14-11-8-5-2/h7-12,16-21,25-28,30,34,36,39-40,43,55H,4-6,13-15,22-24,29,31-33,35,37-38,41-42,44-54H2,1-3H3/b10-7-,11-8-,12-9-,19-16-,20-17-,21-18-,28-25-,30-26-,34-27-,39-36-,43-40-. The van der Waals surface area contributed by atoms with Crippen LogP contribution in [0.15, 0.2) is 134 Å². The molecule has 0 aliphatic rings. The van der Waals surface area contributed by atoms with E-state index in [0.29, 0.717) is 19.4 Å². The molecule has 1 unspecified atom stereocenters. The predicted octanol–water partition coefficient (Wildman–Crippen LogP) is 16.8. The van der Waals surface area contributed by atoms with Gasteiger partial charge in [0.15, 0.2) is 6.10 Å². The largest absolute Gasteiger partial charge is 0.462 e. The van der Waals surface area contributed by atoms with Gasteiger partial charge in [0, 0.05) is 19.4 Å². The Morgan fingerprint density at radius 2 is 0.677 bits per heavy atom. The average Bonchev–Trinajstić information content (AvgIpc) is 3.27. The molecular weight excluding hydrogens is 765 g/mol. The van der Waals surface area contributed by atoms with Gasteiger partial charge in [-0.1, -0.05) is 187 Å². The lowest BCUT2D eigenvalue weighted by molar-refractivity contribution is -0.163. The average molecular weight is 855 g/mol. The Labute approximate surface area is 381 Å². The number of hydrogen-bond donors (Lipinski definition) is 0. The first kappa shape index (κ1) is 58.0. The molecule has 5 heteroatoms. The lowest BCUT2D eigenvalue weighted by Crippen LogP contribution is -2.30. The molecule has 0 aliphatic heterocycles. The molecule has 0 radical (unpaired) electrons. The highest BCUT2D eigenvalue weighted by Gasteiger charge is 2.17. The summed E-state index contributed by atoms with van der Waals surface area (Å²) in [6, 6.07) is 0. The van der Waals surface area contributed by atoms with Gasteiger partial charge in [-0.3, -0.25) is 9.59 Å². The SMILES string of the molecule is CC/C=C\C/C=C\C/C=C\C/C=C\CCCCC(=O)OC(COCCC/C=C\C/C=C\C/C=C\C/C=C\CC)COC(=O)CCCCCCCCC/C=C\C/C=C\C/C=C\CC. The zero-order chi connectivity index (χ0) is 44.9. The molecule has 0 saturated carbocycles. The smallest absolute Gasteiger partial charge is 0.306 e. The zero-order valence-electron chi connectivity index (χ0n) is 39.8. The second-order valence-electron chi connectivity index (χ2n) is 15.6. The summed E-state index contributed by atoms with van der Waals surface area (Å²) in [5, 5.41) is 0. The van der Waals surface area contributed by atoms with Crippen LogP contribution in [0.2, 0.25) is 0 Å². The molecule has 0 fully saturated rings. The summed E-state index contributed by atoms with van der Waals surface area (Å²) >= 11 is 0. The number of carbonyl (C=O) groups excluding carboxylic acids is 2. The molecule has 5 nitrogen and oxygen atoms in total. The molecule has 0 spiro atoms. The van der Waals surface area contributed by atoms with Crippen LogP contribution in [-0.4, -0.2) is 37.9 Å². The van der Waals surface area contributed by atoms with E-state index in [2.05, 4.69) is 154 Å². The maximum atomic E-state index is 12.8. The normalized spacial score (nSPS) is 13.4. The van der Waals surface area contributed by atoms with Gasteiger partial charge >= 0.3 is 11.9 Å². The Balaban J connectivity index is 4.46. The second-order valence-corrected chi connectivity index (χ2v) is 15.6. The molecule has 0 rings (SSSR count). The molecule has 0 aromatic heterocycles. The zero-order valence-corrected chi connectivity index (χ0v) is 39.8. The van der Waals surface area contributed by atoms with E-state index in [1.165, 1.54) is 25.7 Å². The number of carbonyl (C=O) groups is 2. The van der Waals surface area contributed by atoms with E-state index < -0.39 is 6.10 Å². The molecule has 0 heterocycles. The fourth-order valence-electron chi connectivity index (χ4n) is 6.11. The third-order valence-electron chi connectivity index (χ3n) is 9.66. The molecule has 0 amide bonds. The van der Waals surface area contributed by atoms with Crippen LogP contribution in [0.5, 0.6) is 0 Å². The number of ether oxygens (including phenoxy) is 3. The van der Waals surface area contributed by atoms with E-state index in [1.807, 2.05) is 0 Å². The molecule has 0 aliphatic carbocycles. The third kappa shape index (κ3) is 48.7. The first-order valence-electron chi connectivity index (χ1n) is 24.7. The highest BCUT2D eigenvalue weighted by Crippen LogP contribution is 2.12. The lowest BCUT2D eigenvalue weighted by atomic mass is 10.1. The summed E-state index contributed by atoms with van der Waals surface area (Å²) in [7, 11) is 0. The Kier molecular flexibility index (Phi) is 48.1. The van der Waals surface area contributed by atoms with Gasteiger partial charge < -0.3 is 14.2 Å². The molecule has 0 saturated heterocycles. The monoisotopic (exact) mass is 855 g/mol. The van der Waals surface area contributed by atoms with Crippen molar-refractivity contribution in [2.75, 3.05) is 19.8 Å². The van der Waals surface area contributed by atoms with Crippen molar-refractivity contribution in [3.05, 3.63) is 134 Å². The summed E-state index contributed by atoms with van der Waals surface area (Å²) in [6.45, 7) is 7.27.